The fourth-order valence-electron chi connectivity index (χ4n) is 3.70. The van der Waals surface area contributed by atoms with Gasteiger partial charge >= 0.3 is 6.18 Å². The summed E-state index contributed by atoms with van der Waals surface area (Å²) in [6, 6.07) is 11.2. The minimum absolute atomic E-state index is 0.131. The quantitative estimate of drug-likeness (QED) is 0.201. The van der Waals surface area contributed by atoms with Crippen molar-refractivity contribution in [3.05, 3.63) is 70.9 Å². The van der Waals surface area contributed by atoms with Gasteiger partial charge in [-0.15, -0.1) is 0 Å². The molecule has 0 saturated carbocycles. The molecule has 0 aliphatic carbocycles. The van der Waals surface area contributed by atoms with Gasteiger partial charge in [-0.25, -0.2) is 9.97 Å². The number of pyridine rings is 1. The first-order chi connectivity index (χ1) is 17.2. The van der Waals surface area contributed by atoms with E-state index in [1.54, 1.807) is 18.3 Å². The second-order valence-corrected chi connectivity index (χ2v) is 8.79. The zero-order valence-corrected chi connectivity index (χ0v) is 20.3. The first-order valence-corrected chi connectivity index (χ1v) is 12.0. The van der Waals surface area contributed by atoms with Crippen molar-refractivity contribution in [2.24, 2.45) is 0 Å². The van der Waals surface area contributed by atoms with Crippen molar-refractivity contribution in [1.82, 2.24) is 15.0 Å². The molecule has 10 heteroatoms. The van der Waals surface area contributed by atoms with Gasteiger partial charge in [0.15, 0.2) is 0 Å². The smallest absolute Gasteiger partial charge is 0.370 e. The van der Waals surface area contributed by atoms with Gasteiger partial charge < -0.3 is 15.6 Å². The van der Waals surface area contributed by atoms with Crippen LogP contribution >= 0.6 is 11.6 Å². The molecule has 2 aromatic heterocycles. The van der Waals surface area contributed by atoms with Gasteiger partial charge in [-0.2, -0.15) is 13.2 Å². The van der Waals surface area contributed by atoms with E-state index in [0.717, 1.165) is 36.5 Å². The van der Waals surface area contributed by atoms with Gasteiger partial charge in [0, 0.05) is 23.9 Å². The average molecular weight is 516 g/mol. The van der Waals surface area contributed by atoms with E-state index in [9.17, 15) is 18.0 Å². The third-order valence-electron chi connectivity index (χ3n) is 5.64. The fourth-order valence-corrected chi connectivity index (χ4v) is 3.91. The summed E-state index contributed by atoms with van der Waals surface area (Å²) in [5.41, 5.74) is 1.16. The molecule has 2 aromatic carbocycles. The Balaban J connectivity index is 1.48. The highest BCUT2D eigenvalue weighted by Crippen LogP contribution is 2.31. The lowest BCUT2D eigenvalue weighted by Gasteiger charge is -2.10. The molecule has 0 radical (unpaired) electrons. The molecule has 1 amide bonds. The topological polar surface area (TPSA) is 82.7 Å². The zero-order valence-electron chi connectivity index (χ0n) is 19.5. The number of nitrogens with zero attached hydrogens (tertiary/aromatic N) is 2. The molecule has 0 aliphatic heterocycles. The van der Waals surface area contributed by atoms with E-state index < -0.39 is 17.6 Å². The Morgan fingerprint density at radius 2 is 1.92 bits per heavy atom. The molecule has 188 valence electrons. The number of benzene rings is 2. The van der Waals surface area contributed by atoms with E-state index in [2.05, 4.69) is 32.5 Å². The Morgan fingerprint density at radius 3 is 2.64 bits per heavy atom. The standard InChI is InChI=1S/C26H25ClF3N5O/c1-2-3-4-5-11-31-23-10-9-17(15-32-23)24-33-21-13-19(27)20(14-22(21)34-24)35-25(36)16-7-6-8-18(12-16)26(28,29)30/h6-10,12-15H,2-5,11H2,1H3,(H,31,32)(H,33,34)(H,35,36). The van der Waals surface area contributed by atoms with Crippen molar-refractivity contribution in [3.63, 3.8) is 0 Å². The van der Waals surface area contributed by atoms with Crippen LogP contribution in [-0.4, -0.2) is 27.4 Å². The number of aromatic nitrogens is 3. The average Bonchev–Trinajstić information content (AvgIpc) is 3.26. The van der Waals surface area contributed by atoms with Crippen LogP contribution in [0.3, 0.4) is 0 Å². The molecule has 0 atom stereocenters. The second kappa shape index (κ2) is 11.0. The normalized spacial score (nSPS) is 11.6. The predicted molar refractivity (Wildman–Crippen MR) is 136 cm³/mol. The van der Waals surface area contributed by atoms with E-state index >= 15 is 0 Å². The Bertz CT molecular complexity index is 1350. The number of hydrogen-bond acceptors (Lipinski definition) is 4. The van der Waals surface area contributed by atoms with Crippen molar-refractivity contribution >= 4 is 40.0 Å². The number of carbonyl (C=O) groups excluding carboxylic acids is 1. The van der Waals surface area contributed by atoms with Crippen LogP contribution in [0.5, 0.6) is 0 Å². The molecule has 36 heavy (non-hydrogen) atoms. The molecule has 0 fully saturated rings. The number of nitrogens with one attached hydrogen (secondary N) is 3. The van der Waals surface area contributed by atoms with Gasteiger partial charge in [0.1, 0.15) is 11.6 Å². The summed E-state index contributed by atoms with van der Waals surface area (Å²) in [7, 11) is 0. The molecule has 0 aliphatic rings. The predicted octanol–water partition coefficient (Wildman–Crippen LogP) is 7.54. The summed E-state index contributed by atoms with van der Waals surface area (Å²) in [5, 5.41) is 6.10. The van der Waals surface area contributed by atoms with Crippen LogP contribution in [0.1, 0.15) is 48.5 Å². The molecule has 0 bridgehead atoms. The van der Waals surface area contributed by atoms with E-state index in [1.807, 2.05) is 12.1 Å². The molecule has 0 spiro atoms. The largest absolute Gasteiger partial charge is 0.416 e. The monoisotopic (exact) mass is 515 g/mol. The SMILES string of the molecule is CCCCCCNc1ccc(-c2nc3cc(NC(=O)c4cccc(C(F)(F)F)c4)c(Cl)cc3[nH]2)cn1. The zero-order chi connectivity index (χ0) is 25.7. The number of imidazole rings is 1. The molecule has 4 rings (SSSR count). The van der Waals surface area contributed by atoms with E-state index in [4.69, 9.17) is 11.6 Å². The number of hydrogen-bond donors (Lipinski definition) is 3. The van der Waals surface area contributed by atoms with Crippen LogP contribution in [0.4, 0.5) is 24.7 Å². The van der Waals surface area contributed by atoms with Gasteiger partial charge in [-0.3, -0.25) is 4.79 Å². The summed E-state index contributed by atoms with van der Waals surface area (Å²) in [5.74, 6) is 0.651. The van der Waals surface area contributed by atoms with Crippen molar-refractivity contribution in [3.8, 4) is 11.4 Å². The molecule has 4 aromatic rings. The Hall–Kier alpha value is -3.59. The van der Waals surface area contributed by atoms with Crippen molar-refractivity contribution in [2.75, 3.05) is 17.2 Å². The van der Waals surface area contributed by atoms with Crippen LogP contribution in [-0.2, 0) is 6.18 Å². The first-order valence-electron chi connectivity index (χ1n) is 11.6. The number of halogens is 4. The molecule has 0 saturated heterocycles. The number of H-pyrrole nitrogens is 1. The van der Waals surface area contributed by atoms with E-state index in [-0.39, 0.29) is 16.3 Å². The van der Waals surface area contributed by atoms with E-state index in [1.165, 1.54) is 31.4 Å². The number of fused-ring (bicyclic) bond motifs is 1. The maximum Gasteiger partial charge on any atom is 0.416 e. The third kappa shape index (κ3) is 6.15. The highest BCUT2D eigenvalue weighted by molar-refractivity contribution is 6.34. The molecular formula is C26H25ClF3N5O. The second-order valence-electron chi connectivity index (χ2n) is 8.39. The van der Waals surface area contributed by atoms with Crippen molar-refractivity contribution in [2.45, 2.75) is 38.8 Å². The summed E-state index contributed by atoms with van der Waals surface area (Å²) in [6.45, 7) is 3.04. The number of carbonyl (C=O) groups is 1. The van der Waals surface area contributed by atoms with E-state index in [0.29, 0.717) is 16.9 Å². The Kier molecular flexibility index (Phi) is 7.79. The van der Waals surface area contributed by atoms with Gasteiger partial charge in [0.05, 0.1) is 27.3 Å². The molecule has 0 unspecified atom stereocenters. The van der Waals surface area contributed by atoms with Crippen LogP contribution in [0, 0.1) is 0 Å². The third-order valence-corrected chi connectivity index (χ3v) is 5.96. The maximum absolute atomic E-state index is 13.0. The molecular weight excluding hydrogens is 491 g/mol. The summed E-state index contributed by atoms with van der Waals surface area (Å²) in [6.07, 6.45) is 1.86. The number of amides is 1. The number of aromatic amines is 1. The minimum atomic E-state index is -4.55. The van der Waals surface area contributed by atoms with Crippen LogP contribution in [0.25, 0.3) is 22.4 Å². The Labute approximate surface area is 211 Å². The molecule has 3 N–H and O–H groups in total. The molecule has 2 heterocycles. The van der Waals surface area contributed by atoms with Crippen molar-refractivity contribution < 1.29 is 18.0 Å². The summed E-state index contributed by atoms with van der Waals surface area (Å²) >= 11 is 6.33. The lowest BCUT2D eigenvalue weighted by molar-refractivity contribution is -0.137. The van der Waals surface area contributed by atoms with Gasteiger partial charge in [-0.1, -0.05) is 43.9 Å². The van der Waals surface area contributed by atoms with Crippen LogP contribution in [0.2, 0.25) is 5.02 Å². The maximum atomic E-state index is 13.0. The van der Waals surface area contributed by atoms with Crippen molar-refractivity contribution in [1.29, 1.82) is 0 Å². The summed E-state index contributed by atoms with van der Waals surface area (Å²) < 4.78 is 39.0. The van der Waals surface area contributed by atoms with Gasteiger partial charge in [0.25, 0.3) is 5.91 Å². The lowest BCUT2D eigenvalue weighted by atomic mass is 10.1. The number of alkyl halides is 3. The van der Waals surface area contributed by atoms with Gasteiger partial charge in [0.2, 0.25) is 0 Å². The highest BCUT2D eigenvalue weighted by atomic mass is 35.5. The highest BCUT2D eigenvalue weighted by Gasteiger charge is 2.31. The van der Waals surface area contributed by atoms with Gasteiger partial charge in [-0.05, 0) is 48.9 Å². The van der Waals surface area contributed by atoms with Crippen LogP contribution in [0.15, 0.2) is 54.7 Å². The number of unbranched alkanes of at least 4 members (excludes halogenated alkanes) is 3. The summed E-state index contributed by atoms with van der Waals surface area (Å²) in [4.78, 5) is 24.8. The van der Waals surface area contributed by atoms with Crippen LogP contribution < -0.4 is 10.6 Å². The number of anilines is 2. The molecule has 6 nitrogen and oxygen atoms in total. The lowest BCUT2D eigenvalue weighted by Crippen LogP contribution is -2.14. The Morgan fingerprint density at radius 1 is 1.08 bits per heavy atom. The minimum Gasteiger partial charge on any atom is -0.370 e. The first kappa shape index (κ1) is 25.5. The fraction of sp³-hybridized carbons (Fsp3) is 0.269. The number of rotatable bonds is 9.